The topological polar surface area (TPSA) is 213 Å². The van der Waals surface area contributed by atoms with Gasteiger partial charge in [-0.1, -0.05) is 60.7 Å². The van der Waals surface area contributed by atoms with E-state index >= 15 is 0 Å². The first-order valence-corrected chi connectivity index (χ1v) is 14.5. The highest BCUT2D eigenvalue weighted by Crippen LogP contribution is 2.38. The number of carbonyl (C=O) groups excluding carboxylic acids is 2. The van der Waals surface area contributed by atoms with Gasteiger partial charge in [-0.2, -0.15) is 0 Å². The van der Waals surface area contributed by atoms with Gasteiger partial charge in [-0.25, -0.2) is 4.79 Å². The number of hydrogen-bond donors (Lipinski definition) is 7. The van der Waals surface area contributed by atoms with Crippen molar-refractivity contribution in [3.63, 3.8) is 0 Å². The first-order valence-electron chi connectivity index (χ1n) is 14.5. The van der Waals surface area contributed by atoms with Crippen molar-refractivity contribution in [3.8, 4) is 11.5 Å². The maximum Gasteiger partial charge on any atom is 0.330 e. The van der Waals surface area contributed by atoms with Gasteiger partial charge in [0.15, 0.2) is 17.5 Å². The number of carbonyl (C=O) groups is 4. The summed E-state index contributed by atoms with van der Waals surface area (Å²) < 4.78 is 11.6. The van der Waals surface area contributed by atoms with Crippen molar-refractivity contribution in [3.05, 3.63) is 119 Å². The largest absolute Gasteiger partial charge is 0.493 e. The highest BCUT2D eigenvalue weighted by molar-refractivity contribution is 5.96. The Balaban J connectivity index is 0.00000148. The number of aliphatic carboxylic acids is 2. The molecule has 4 aromatic carbocycles. The number of carboxylic acids is 2. The Morgan fingerprint density at radius 3 is 1.94 bits per heavy atom. The number of methoxy groups -OCH3 is 1. The fraction of sp³-hybridized carbons (Fsp3) is 0.171. The maximum absolute atomic E-state index is 14.0. The molecule has 2 amide bonds. The zero-order chi connectivity index (χ0) is 35.2. The Labute approximate surface area is 277 Å². The van der Waals surface area contributed by atoms with E-state index in [9.17, 15) is 19.5 Å². The van der Waals surface area contributed by atoms with Crippen LogP contribution < -0.4 is 31.2 Å². The van der Waals surface area contributed by atoms with Gasteiger partial charge in [-0.15, -0.1) is 0 Å². The molecule has 0 saturated carbocycles. The van der Waals surface area contributed by atoms with Crippen LogP contribution in [-0.2, 0) is 25.8 Å². The second-order valence-corrected chi connectivity index (χ2v) is 10.3. The standard InChI is InChI=1S/C33H33N5O6.C2H4O2/c1-20(39)36-26-18-28(44-19-21-9-5-3-6-10-21)27(43-2)17-25(26)30(37-24-15-13-23(14-16-24)31(34)35)32(40)38-29(33(41)42)22-11-7-4-8-12-22;1-2(3)4/h3-18,29-30,37H,19H2,1-2H3,(H3,34,35)(H,36,39)(H,38,40)(H,41,42);1H3,(H,3,4)/t29-,30+;/m0./s1. The van der Waals surface area contributed by atoms with Crippen LogP contribution in [0.1, 0.15) is 48.2 Å². The number of nitrogen functional groups attached to an aromatic ring is 1. The van der Waals surface area contributed by atoms with Crippen LogP contribution in [0, 0.1) is 5.41 Å². The molecular weight excluding hydrogens is 618 g/mol. The van der Waals surface area contributed by atoms with Crippen LogP contribution in [0.25, 0.3) is 0 Å². The third-order valence-electron chi connectivity index (χ3n) is 6.63. The van der Waals surface area contributed by atoms with Gasteiger partial charge in [-0.3, -0.25) is 19.8 Å². The molecule has 0 unspecified atom stereocenters. The second kappa shape index (κ2) is 17.4. The molecule has 0 radical (unpaired) electrons. The second-order valence-electron chi connectivity index (χ2n) is 10.3. The molecule has 0 fully saturated rings. The van der Waals surface area contributed by atoms with Crippen LogP contribution >= 0.6 is 0 Å². The van der Waals surface area contributed by atoms with Crippen molar-refractivity contribution in [2.24, 2.45) is 5.73 Å². The summed E-state index contributed by atoms with van der Waals surface area (Å²) in [5, 5.41) is 33.6. The lowest BCUT2D eigenvalue weighted by atomic mass is 10.00. The summed E-state index contributed by atoms with van der Waals surface area (Å²) in [7, 11) is 1.45. The lowest BCUT2D eigenvalue weighted by Crippen LogP contribution is -2.39. The third-order valence-corrected chi connectivity index (χ3v) is 6.63. The molecule has 0 spiro atoms. The summed E-state index contributed by atoms with van der Waals surface area (Å²) in [5.41, 5.74) is 8.37. The molecule has 0 aromatic heterocycles. The van der Waals surface area contributed by atoms with Crippen LogP contribution in [-0.4, -0.2) is 46.9 Å². The molecule has 2 atom stereocenters. The number of amides is 2. The summed E-state index contributed by atoms with van der Waals surface area (Å²) in [5.74, 6) is -2.69. The SMILES string of the molecule is CC(=O)O.COc1cc([C@@H](Nc2ccc(C(=N)N)cc2)C(=O)N[C@H](C(=O)O)c2ccccc2)c(NC(C)=O)cc1OCc1ccccc1. The Morgan fingerprint density at radius 2 is 1.42 bits per heavy atom. The molecule has 4 rings (SSSR count). The van der Waals surface area contributed by atoms with Gasteiger partial charge < -0.3 is 41.4 Å². The molecular formula is C35H37N5O8. The molecule has 0 aliphatic rings. The van der Waals surface area contributed by atoms with Crippen LogP contribution in [0.3, 0.4) is 0 Å². The number of carboxylic acid groups (broad SMARTS) is 2. The summed E-state index contributed by atoms with van der Waals surface area (Å²) in [6, 6.07) is 24.8. The van der Waals surface area contributed by atoms with E-state index in [1.807, 2.05) is 30.3 Å². The summed E-state index contributed by atoms with van der Waals surface area (Å²) >= 11 is 0. The van der Waals surface area contributed by atoms with Crippen LogP contribution in [0.4, 0.5) is 11.4 Å². The minimum absolute atomic E-state index is 0.123. The van der Waals surface area contributed by atoms with Gasteiger partial charge in [0.1, 0.15) is 18.5 Å². The third kappa shape index (κ3) is 10.6. The molecule has 13 nitrogen and oxygen atoms in total. The highest BCUT2D eigenvalue weighted by Gasteiger charge is 2.31. The van der Waals surface area contributed by atoms with E-state index in [4.69, 9.17) is 30.5 Å². The number of amidine groups is 1. The zero-order valence-corrected chi connectivity index (χ0v) is 26.5. The fourth-order valence-electron chi connectivity index (χ4n) is 4.48. The normalized spacial score (nSPS) is 11.4. The van der Waals surface area contributed by atoms with E-state index in [2.05, 4.69) is 16.0 Å². The number of benzene rings is 4. The van der Waals surface area contributed by atoms with Crippen molar-refractivity contribution >= 4 is 41.0 Å². The lowest BCUT2D eigenvalue weighted by Gasteiger charge is -2.26. The van der Waals surface area contributed by atoms with Crippen LogP contribution in [0.5, 0.6) is 11.5 Å². The summed E-state index contributed by atoms with van der Waals surface area (Å²) in [6.45, 7) is 2.63. The predicted octanol–water partition coefficient (Wildman–Crippen LogP) is 4.70. The molecule has 8 N–H and O–H groups in total. The van der Waals surface area contributed by atoms with Crippen molar-refractivity contribution in [1.29, 1.82) is 5.41 Å². The molecule has 250 valence electrons. The van der Waals surface area contributed by atoms with Crippen molar-refractivity contribution < 1.29 is 38.9 Å². The van der Waals surface area contributed by atoms with E-state index in [-0.39, 0.29) is 29.4 Å². The Hall–Kier alpha value is -6.37. The van der Waals surface area contributed by atoms with Crippen LogP contribution in [0.2, 0.25) is 0 Å². The minimum Gasteiger partial charge on any atom is -0.493 e. The summed E-state index contributed by atoms with van der Waals surface area (Å²) in [4.78, 5) is 47.5. The highest BCUT2D eigenvalue weighted by atomic mass is 16.5. The summed E-state index contributed by atoms with van der Waals surface area (Å²) in [6.07, 6.45) is 0. The molecule has 0 saturated heterocycles. The average Bonchev–Trinajstić information content (AvgIpc) is 3.05. The molecule has 13 heteroatoms. The molecule has 0 heterocycles. The molecule has 0 aliphatic heterocycles. The first kappa shape index (κ1) is 36.1. The number of ether oxygens (including phenoxy) is 2. The Kier molecular flexibility index (Phi) is 13.1. The molecule has 48 heavy (non-hydrogen) atoms. The minimum atomic E-state index is -1.35. The van der Waals surface area contributed by atoms with Crippen molar-refractivity contribution in [1.82, 2.24) is 5.32 Å². The maximum atomic E-state index is 14.0. The fourth-order valence-corrected chi connectivity index (χ4v) is 4.48. The molecule has 0 aliphatic carbocycles. The van der Waals surface area contributed by atoms with Gasteiger partial charge in [0.25, 0.3) is 5.97 Å². The van der Waals surface area contributed by atoms with Gasteiger partial charge >= 0.3 is 5.97 Å². The predicted molar refractivity (Wildman–Crippen MR) is 180 cm³/mol. The van der Waals surface area contributed by atoms with E-state index in [1.54, 1.807) is 66.7 Å². The zero-order valence-electron chi connectivity index (χ0n) is 26.5. The number of hydrogen-bond acceptors (Lipinski definition) is 8. The number of anilines is 2. The average molecular weight is 656 g/mol. The number of rotatable bonds is 13. The van der Waals surface area contributed by atoms with E-state index in [0.29, 0.717) is 22.6 Å². The van der Waals surface area contributed by atoms with Crippen molar-refractivity contribution in [2.75, 3.05) is 17.7 Å². The molecule has 4 aromatic rings. The van der Waals surface area contributed by atoms with Crippen LogP contribution in [0.15, 0.2) is 97.1 Å². The lowest BCUT2D eigenvalue weighted by molar-refractivity contribution is -0.142. The van der Waals surface area contributed by atoms with E-state index in [0.717, 1.165) is 12.5 Å². The van der Waals surface area contributed by atoms with Gasteiger partial charge in [0.2, 0.25) is 11.8 Å². The molecule has 0 bridgehead atoms. The van der Waals surface area contributed by atoms with Crippen molar-refractivity contribution in [2.45, 2.75) is 32.5 Å². The smallest absolute Gasteiger partial charge is 0.330 e. The van der Waals surface area contributed by atoms with E-state index < -0.39 is 35.8 Å². The first-order chi connectivity index (χ1) is 22.9. The number of nitrogens with one attached hydrogen (secondary N) is 4. The van der Waals surface area contributed by atoms with Gasteiger partial charge in [0, 0.05) is 36.7 Å². The quantitative estimate of drug-likeness (QED) is 0.0779. The van der Waals surface area contributed by atoms with Gasteiger partial charge in [-0.05, 0) is 41.5 Å². The van der Waals surface area contributed by atoms with E-state index in [1.165, 1.54) is 14.0 Å². The number of nitrogens with two attached hydrogens (primary N) is 1. The monoisotopic (exact) mass is 655 g/mol. The Morgan fingerprint density at radius 1 is 0.833 bits per heavy atom. The van der Waals surface area contributed by atoms with Gasteiger partial charge in [0.05, 0.1) is 12.8 Å². The Bertz CT molecular complexity index is 1730.